The third-order valence-corrected chi connectivity index (χ3v) is 2.76. The van der Waals surface area contributed by atoms with E-state index in [2.05, 4.69) is 9.97 Å². The Morgan fingerprint density at radius 3 is 2.78 bits per heavy atom. The number of hydrogen-bond donors (Lipinski definition) is 3. The van der Waals surface area contributed by atoms with Crippen molar-refractivity contribution >= 4 is 5.97 Å². The van der Waals surface area contributed by atoms with Crippen molar-refractivity contribution in [3.63, 3.8) is 0 Å². The summed E-state index contributed by atoms with van der Waals surface area (Å²) in [5, 5.41) is 8.87. The Morgan fingerprint density at radius 2 is 2.17 bits per heavy atom. The van der Waals surface area contributed by atoms with Crippen LogP contribution in [0.4, 0.5) is 0 Å². The largest absolute Gasteiger partial charge is 0.480 e. The van der Waals surface area contributed by atoms with Crippen molar-refractivity contribution < 1.29 is 9.90 Å². The van der Waals surface area contributed by atoms with Crippen molar-refractivity contribution in [3.8, 4) is 11.3 Å². The van der Waals surface area contributed by atoms with Crippen molar-refractivity contribution in [1.82, 2.24) is 9.97 Å². The average molecular weight is 245 g/mol. The fourth-order valence-corrected chi connectivity index (χ4v) is 1.82. The van der Waals surface area contributed by atoms with Crippen molar-refractivity contribution in [2.45, 2.75) is 19.9 Å². The molecule has 2 rings (SSSR count). The van der Waals surface area contributed by atoms with E-state index in [-0.39, 0.29) is 5.82 Å². The van der Waals surface area contributed by atoms with Crippen molar-refractivity contribution in [2.75, 3.05) is 0 Å². The molecule has 1 atom stereocenters. The molecule has 0 radical (unpaired) electrons. The van der Waals surface area contributed by atoms with Gasteiger partial charge in [-0.15, -0.1) is 0 Å². The fraction of sp³-hybridized carbons (Fsp3) is 0.231. The topological polar surface area (TPSA) is 92.0 Å². The number of aromatic nitrogens is 2. The van der Waals surface area contributed by atoms with Crippen LogP contribution >= 0.6 is 0 Å². The van der Waals surface area contributed by atoms with Crippen LogP contribution in [0, 0.1) is 13.8 Å². The lowest BCUT2D eigenvalue weighted by Crippen LogP contribution is -2.21. The normalized spacial score (nSPS) is 12.4. The number of imidazole rings is 1. The summed E-state index contributed by atoms with van der Waals surface area (Å²) in [5.41, 5.74) is 9.16. The van der Waals surface area contributed by atoms with Gasteiger partial charge >= 0.3 is 5.97 Å². The highest BCUT2D eigenvalue weighted by Gasteiger charge is 2.20. The Labute approximate surface area is 105 Å². The third kappa shape index (κ3) is 2.26. The number of carboxylic acid groups (broad SMARTS) is 1. The van der Waals surface area contributed by atoms with Gasteiger partial charge in [-0.25, -0.2) is 4.98 Å². The number of nitrogens with one attached hydrogen (secondary N) is 1. The first-order valence-electron chi connectivity index (χ1n) is 5.61. The van der Waals surface area contributed by atoms with Crippen LogP contribution in [0.25, 0.3) is 11.3 Å². The van der Waals surface area contributed by atoms with Crippen molar-refractivity contribution in [2.24, 2.45) is 5.73 Å². The zero-order valence-corrected chi connectivity index (χ0v) is 10.3. The highest BCUT2D eigenvalue weighted by atomic mass is 16.4. The third-order valence-electron chi connectivity index (χ3n) is 2.76. The standard InChI is InChI=1S/C13H15N3O2/c1-7-4-3-5-9(6-7)11-8(2)15-12(16-11)10(14)13(17)18/h3-6,10H,14H2,1-2H3,(H,15,16)(H,17,18). The molecule has 1 aromatic heterocycles. The van der Waals surface area contributed by atoms with Crippen LogP contribution in [0.2, 0.25) is 0 Å². The Kier molecular flexibility index (Phi) is 3.16. The van der Waals surface area contributed by atoms with E-state index in [4.69, 9.17) is 10.8 Å². The van der Waals surface area contributed by atoms with Gasteiger partial charge in [0.2, 0.25) is 0 Å². The molecule has 0 amide bonds. The number of aromatic amines is 1. The highest BCUT2D eigenvalue weighted by molar-refractivity contribution is 5.74. The van der Waals surface area contributed by atoms with E-state index in [1.165, 1.54) is 0 Å². The zero-order chi connectivity index (χ0) is 13.3. The summed E-state index contributed by atoms with van der Waals surface area (Å²) in [4.78, 5) is 18.0. The summed E-state index contributed by atoms with van der Waals surface area (Å²) in [6, 6.07) is 6.75. The molecule has 0 saturated carbocycles. The minimum atomic E-state index is -1.12. The van der Waals surface area contributed by atoms with Crippen LogP contribution in [0.3, 0.4) is 0 Å². The van der Waals surface area contributed by atoms with Gasteiger partial charge in [0, 0.05) is 11.3 Å². The molecule has 0 aliphatic carbocycles. The summed E-state index contributed by atoms with van der Waals surface area (Å²) in [6.45, 7) is 3.85. The second-order valence-electron chi connectivity index (χ2n) is 4.28. The van der Waals surface area contributed by atoms with E-state index in [0.29, 0.717) is 0 Å². The van der Waals surface area contributed by atoms with Crippen molar-refractivity contribution in [3.05, 3.63) is 41.3 Å². The SMILES string of the molecule is Cc1cccc(-c2nc(C(N)C(=O)O)[nH]c2C)c1. The Morgan fingerprint density at radius 1 is 1.44 bits per heavy atom. The van der Waals surface area contributed by atoms with Gasteiger partial charge in [-0.3, -0.25) is 4.79 Å². The molecule has 0 aliphatic rings. The van der Waals surface area contributed by atoms with Gasteiger partial charge in [0.05, 0.1) is 5.69 Å². The van der Waals surface area contributed by atoms with E-state index in [1.807, 2.05) is 38.1 Å². The maximum Gasteiger partial charge on any atom is 0.328 e. The van der Waals surface area contributed by atoms with E-state index >= 15 is 0 Å². The van der Waals surface area contributed by atoms with Gasteiger partial charge in [0.1, 0.15) is 5.82 Å². The molecule has 0 spiro atoms. The predicted octanol–water partition coefficient (Wildman–Crippen LogP) is 1.78. The predicted molar refractivity (Wildman–Crippen MR) is 68.1 cm³/mol. The first kappa shape index (κ1) is 12.3. The number of H-pyrrole nitrogens is 1. The van der Waals surface area contributed by atoms with Gasteiger partial charge < -0.3 is 15.8 Å². The Balaban J connectivity index is 2.44. The van der Waals surface area contributed by atoms with Gasteiger partial charge in [-0.1, -0.05) is 23.8 Å². The molecule has 0 aliphatic heterocycles. The number of aryl methyl sites for hydroxylation is 2. The summed E-state index contributed by atoms with van der Waals surface area (Å²) >= 11 is 0. The molecule has 5 heteroatoms. The molecule has 4 N–H and O–H groups in total. The number of rotatable bonds is 3. The molecule has 0 saturated heterocycles. The van der Waals surface area contributed by atoms with Crippen LogP contribution in [0.5, 0.6) is 0 Å². The van der Waals surface area contributed by atoms with Crippen LogP contribution in [0.1, 0.15) is 23.1 Å². The second-order valence-corrected chi connectivity index (χ2v) is 4.28. The quantitative estimate of drug-likeness (QED) is 0.768. The maximum atomic E-state index is 10.8. The molecule has 0 bridgehead atoms. The smallest absolute Gasteiger partial charge is 0.328 e. The van der Waals surface area contributed by atoms with Crippen LogP contribution in [-0.4, -0.2) is 21.0 Å². The number of aliphatic carboxylic acids is 1. The minimum absolute atomic E-state index is 0.275. The number of nitrogens with two attached hydrogens (primary N) is 1. The molecule has 1 aromatic carbocycles. The molecule has 94 valence electrons. The van der Waals surface area contributed by atoms with Crippen LogP contribution < -0.4 is 5.73 Å². The van der Waals surface area contributed by atoms with Gasteiger partial charge in [-0.2, -0.15) is 0 Å². The monoisotopic (exact) mass is 245 g/mol. The lowest BCUT2D eigenvalue weighted by Gasteiger charge is -2.01. The summed E-state index contributed by atoms with van der Waals surface area (Å²) < 4.78 is 0. The number of benzene rings is 1. The molecule has 0 fully saturated rings. The van der Waals surface area contributed by atoms with E-state index in [0.717, 1.165) is 22.5 Å². The number of hydrogen-bond acceptors (Lipinski definition) is 3. The van der Waals surface area contributed by atoms with Gasteiger partial charge in [0.25, 0.3) is 0 Å². The molecule has 2 aromatic rings. The minimum Gasteiger partial charge on any atom is -0.480 e. The molecular weight excluding hydrogens is 230 g/mol. The van der Waals surface area contributed by atoms with E-state index in [9.17, 15) is 4.79 Å². The molecule has 5 nitrogen and oxygen atoms in total. The average Bonchev–Trinajstić information content (AvgIpc) is 2.70. The lowest BCUT2D eigenvalue weighted by molar-refractivity contribution is -0.138. The van der Waals surface area contributed by atoms with E-state index in [1.54, 1.807) is 0 Å². The number of carbonyl (C=O) groups is 1. The van der Waals surface area contributed by atoms with Gasteiger partial charge in [0.15, 0.2) is 6.04 Å². The molecule has 1 heterocycles. The molecule has 18 heavy (non-hydrogen) atoms. The summed E-state index contributed by atoms with van der Waals surface area (Å²) in [7, 11) is 0. The maximum absolute atomic E-state index is 10.8. The highest BCUT2D eigenvalue weighted by Crippen LogP contribution is 2.23. The molecule has 1 unspecified atom stereocenters. The van der Waals surface area contributed by atoms with Crippen LogP contribution in [-0.2, 0) is 4.79 Å². The number of carboxylic acids is 1. The first-order chi connectivity index (χ1) is 8.49. The first-order valence-corrected chi connectivity index (χ1v) is 5.61. The number of nitrogens with zero attached hydrogens (tertiary/aromatic N) is 1. The lowest BCUT2D eigenvalue weighted by atomic mass is 10.1. The summed E-state index contributed by atoms with van der Waals surface area (Å²) in [5.74, 6) is -0.823. The Bertz CT molecular complexity index is 590. The Hall–Kier alpha value is -2.14. The van der Waals surface area contributed by atoms with Gasteiger partial charge in [-0.05, 0) is 19.9 Å². The van der Waals surface area contributed by atoms with Crippen LogP contribution in [0.15, 0.2) is 24.3 Å². The summed E-state index contributed by atoms with van der Waals surface area (Å²) in [6.07, 6.45) is 0. The van der Waals surface area contributed by atoms with E-state index < -0.39 is 12.0 Å². The van der Waals surface area contributed by atoms with Crippen molar-refractivity contribution in [1.29, 1.82) is 0 Å². The molecular formula is C13H15N3O2. The second kappa shape index (κ2) is 4.62. The fourth-order valence-electron chi connectivity index (χ4n) is 1.82. The zero-order valence-electron chi connectivity index (χ0n) is 10.3.